The summed E-state index contributed by atoms with van der Waals surface area (Å²) < 4.78 is 0. The van der Waals surface area contributed by atoms with Gasteiger partial charge in [-0.2, -0.15) is 0 Å². The van der Waals surface area contributed by atoms with Crippen molar-refractivity contribution in [2.75, 3.05) is 13.6 Å². The molecule has 0 amide bonds. The van der Waals surface area contributed by atoms with Gasteiger partial charge in [-0.1, -0.05) is 24.3 Å². The second kappa shape index (κ2) is 7.88. The van der Waals surface area contributed by atoms with Crippen molar-refractivity contribution in [3.8, 4) is 0 Å². The van der Waals surface area contributed by atoms with Gasteiger partial charge in [0, 0.05) is 17.9 Å². The standard InChI is InChI=1S/C12H18N2.C7H6O2/c1-9-7-11(10(2)13-8-9)12-5-4-6-14(12)3;8-7(9)6-4-2-1-3-5-6/h7-8,12H,4-6H2,1-3H3;1-5H,(H,8,9)/t12-;/m0./s1. The minimum atomic E-state index is -0.879. The molecular weight excluding hydrogens is 288 g/mol. The molecule has 1 saturated heterocycles. The molecule has 1 fully saturated rings. The zero-order chi connectivity index (χ0) is 16.8. The third-order valence-electron chi connectivity index (χ3n) is 4.16. The van der Waals surface area contributed by atoms with Crippen LogP contribution in [0.2, 0.25) is 0 Å². The van der Waals surface area contributed by atoms with Crippen LogP contribution in [0.3, 0.4) is 0 Å². The van der Waals surface area contributed by atoms with E-state index in [0.717, 1.165) is 0 Å². The first-order chi connectivity index (χ1) is 11.0. The van der Waals surface area contributed by atoms with Gasteiger partial charge in [-0.3, -0.25) is 9.88 Å². The second-order valence-corrected chi connectivity index (χ2v) is 6.00. The molecule has 0 saturated carbocycles. The molecule has 1 aromatic carbocycles. The molecule has 122 valence electrons. The van der Waals surface area contributed by atoms with Crippen molar-refractivity contribution in [1.82, 2.24) is 9.88 Å². The lowest BCUT2D eigenvalue weighted by molar-refractivity contribution is 0.0697. The topological polar surface area (TPSA) is 53.4 Å². The summed E-state index contributed by atoms with van der Waals surface area (Å²) in [6, 6.07) is 11.2. The highest BCUT2D eigenvalue weighted by atomic mass is 16.4. The summed E-state index contributed by atoms with van der Waals surface area (Å²) in [6.45, 7) is 5.45. The maximum atomic E-state index is 10.2. The fourth-order valence-corrected chi connectivity index (χ4v) is 2.88. The van der Waals surface area contributed by atoms with Crippen LogP contribution in [-0.4, -0.2) is 34.6 Å². The highest BCUT2D eigenvalue weighted by Gasteiger charge is 2.24. The third-order valence-corrected chi connectivity index (χ3v) is 4.16. The molecule has 1 atom stereocenters. The van der Waals surface area contributed by atoms with Gasteiger partial charge in [0.2, 0.25) is 0 Å². The molecule has 2 heterocycles. The Bertz CT molecular complexity index is 656. The van der Waals surface area contributed by atoms with Crippen molar-refractivity contribution >= 4 is 5.97 Å². The lowest BCUT2D eigenvalue weighted by Gasteiger charge is -2.21. The van der Waals surface area contributed by atoms with E-state index in [4.69, 9.17) is 5.11 Å². The average Bonchev–Trinajstić information content (AvgIpc) is 2.97. The van der Waals surface area contributed by atoms with Crippen molar-refractivity contribution < 1.29 is 9.90 Å². The van der Waals surface area contributed by atoms with Crippen LogP contribution < -0.4 is 0 Å². The summed E-state index contributed by atoms with van der Waals surface area (Å²) >= 11 is 0. The molecule has 1 aromatic heterocycles. The summed E-state index contributed by atoms with van der Waals surface area (Å²) in [6.07, 6.45) is 4.55. The van der Waals surface area contributed by atoms with Crippen LogP contribution in [-0.2, 0) is 0 Å². The summed E-state index contributed by atoms with van der Waals surface area (Å²) in [4.78, 5) is 17.1. The van der Waals surface area contributed by atoms with Crippen LogP contribution >= 0.6 is 0 Å². The van der Waals surface area contributed by atoms with Gasteiger partial charge in [-0.15, -0.1) is 0 Å². The van der Waals surface area contributed by atoms with E-state index in [1.807, 2.05) is 6.20 Å². The van der Waals surface area contributed by atoms with Gasteiger partial charge in [-0.25, -0.2) is 4.79 Å². The van der Waals surface area contributed by atoms with E-state index in [0.29, 0.717) is 11.6 Å². The first-order valence-corrected chi connectivity index (χ1v) is 7.90. The fraction of sp³-hybridized carbons (Fsp3) is 0.368. The van der Waals surface area contributed by atoms with E-state index in [1.54, 1.807) is 30.3 Å². The van der Waals surface area contributed by atoms with E-state index >= 15 is 0 Å². The Kier molecular flexibility index (Phi) is 5.88. The zero-order valence-corrected chi connectivity index (χ0v) is 14.0. The van der Waals surface area contributed by atoms with Gasteiger partial charge in [0.05, 0.1) is 5.56 Å². The van der Waals surface area contributed by atoms with Crippen LogP contribution in [0.25, 0.3) is 0 Å². The minimum Gasteiger partial charge on any atom is -0.478 e. The Morgan fingerprint density at radius 3 is 2.48 bits per heavy atom. The number of hydrogen-bond acceptors (Lipinski definition) is 3. The summed E-state index contributed by atoms with van der Waals surface area (Å²) in [7, 11) is 2.21. The minimum absolute atomic E-state index is 0.331. The molecule has 4 nitrogen and oxygen atoms in total. The predicted octanol–water partition coefficient (Wildman–Crippen LogP) is 3.85. The van der Waals surface area contributed by atoms with Gasteiger partial charge in [0.15, 0.2) is 0 Å². The molecule has 0 radical (unpaired) electrons. The van der Waals surface area contributed by atoms with Crippen molar-refractivity contribution in [3.63, 3.8) is 0 Å². The highest BCUT2D eigenvalue weighted by Crippen LogP contribution is 2.31. The summed E-state index contributed by atoms with van der Waals surface area (Å²) in [5, 5.41) is 8.38. The molecule has 23 heavy (non-hydrogen) atoms. The SMILES string of the molecule is Cc1cnc(C)c([C@@H]2CCCN2C)c1.O=C(O)c1ccccc1. The maximum absolute atomic E-state index is 10.2. The van der Waals surface area contributed by atoms with Gasteiger partial charge in [0.25, 0.3) is 0 Å². The molecule has 0 unspecified atom stereocenters. The van der Waals surface area contributed by atoms with Crippen molar-refractivity contribution in [2.45, 2.75) is 32.7 Å². The lowest BCUT2D eigenvalue weighted by Crippen LogP contribution is -2.18. The number of benzene rings is 1. The van der Waals surface area contributed by atoms with Crippen molar-refractivity contribution in [3.05, 3.63) is 65.0 Å². The number of hydrogen-bond donors (Lipinski definition) is 1. The van der Waals surface area contributed by atoms with E-state index in [2.05, 4.69) is 36.8 Å². The highest BCUT2D eigenvalue weighted by molar-refractivity contribution is 5.87. The molecule has 2 aromatic rings. The molecule has 1 N–H and O–H groups in total. The molecule has 0 bridgehead atoms. The molecule has 0 spiro atoms. The number of aryl methyl sites for hydroxylation is 2. The Labute approximate surface area is 137 Å². The van der Waals surface area contributed by atoms with Crippen LogP contribution in [0.15, 0.2) is 42.6 Å². The number of carboxylic acids is 1. The molecule has 1 aliphatic heterocycles. The van der Waals surface area contributed by atoms with Crippen molar-refractivity contribution in [1.29, 1.82) is 0 Å². The monoisotopic (exact) mass is 312 g/mol. The van der Waals surface area contributed by atoms with Gasteiger partial charge in [0.1, 0.15) is 0 Å². The maximum Gasteiger partial charge on any atom is 0.335 e. The first kappa shape index (κ1) is 17.2. The van der Waals surface area contributed by atoms with Crippen LogP contribution in [0.4, 0.5) is 0 Å². The third kappa shape index (κ3) is 4.63. The predicted molar refractivity (Wildman–Crippen MR) is 91.7 cm³/mol. The molecular formula is C19H24N2O2. The van der Waals surface area contributed by atoms with E-state index in [1.165, 1.54) is 36.2 Å². The Hall–Kier alpha value is -2.20. The van der Waals surface area contributed by atoms with Crippen LogP contribution in [0.5, 0.6) is 0 Å². The molecule has 1 aliphatic rings. The number of likely N-dealkylation sites (tertiary alicyclic amines) is 1. The van der Waals surface area contributed by atoms with Gasteiger partial charge in [-0.05, 0) is 63.5 Å². The number of pyridine rings is 1. The quantitative estimate of drug-likeness (QED) is 0.915. The van der Waals surface area contributed by atoms with Crippen LogP contribution in [0.1, 0.15) is 46.1 Å². The largest absolute Gasteiger partial charge is 0.478 e. The fourth-order valence-electron chi connectivity index (χ4n) is 2.88. The Morgan fingerprint density at radius 2 is 1.96 bits per heavy atom. The van der Waals surface area contributed by atoms with Crippen LogP contribution in [0, 0.1) is 13.8 Å². The average molecular weight is 312 g/mol. The number of carboxylic acid groups (broad SMARTS) is 1. The second-order valence-electron chi connectivity index (χ2n) is 6.00. The Balaban J connectivity index is 0.000000185. The smallest absolute Gasteiger partial charge is 0.335 e. The molecule has 0 aliphatic carbocycles. The first-order valence-electron chi connectivity index (χ1n) is 7.90. The number of aromatic carboxylic acids is 1. The van der Waals surface area contributed by atoms with Gasteiger partial charge >= 0.3 is 5.97 Å². The number of carbonyl (C=O) groups is 1. The van der Waals surface area contributed by atoms with Crippen molar-refractivity contribution in [2.24, 2.45) is 0 Å². The number of rotatable bonds is 2. The Morgan fingerprint density at radius 1 is 1.26 bits per heavy atom. The van der Waals surface area contributed by atoms with Gasteiger partial charge < -0.3 is 5.11 Å². The van der Waals surface area contributed by atoms with E-state index in [-0.39, 0.29) is 0 Å². The molecule has 4 heteroatoms. The normalized spacial score (nSPS) is 17.4. The number of aromatic nitrogens is 1. The van der Waals surface area contributed by atoms with E-state index in [9.17, 15) is 4.79 Å². The lowest BCUT2D eigenvalue weighted by atomic mass is 10.0. The summed E-state index contributed by atoms with van der Waals surface area (Å²) in [5.74, 6) is -0.879. The number of nitrogens with zero attached hydrogens (tertiary/aromatic N) is 2. The summed E-state index contributed by atoms with van der Waals surface area (Å²) in [5.41, 5.74) is 4.21. The van der Waals surface area contributed by atoms with E-state index < -0.39 is 5.97 Å². The zero-order valence-electron chi connectivity index (χ0n) is 14.0. The molecule has 3 rings (SSSR count).